The molecule has 0 spiro atoms. The molecule has 1 N–H and O–H groups in total. The average molecular weight is 211 g/mol. The first kappa shape index (κ1) is 10.9. The van der Waals surface area contributed by atoms with E-state index in [-0.39, 0.29) is 17.0 Å². The molecule has 1 saturated heterocycles. The molecular formula is C12H21NO2. The summed E-state index contributed by atoms with van der Waals surface area (Å²) in [5.41, 5.74) is -0.561. The van der Waals surface area contributed by atoms with E-state index in [4.69, 9.17) is 4.74 Å². The molecule has 0 amide bonds. The van der Waals surface area contributed by atoms with Gasteiger partial charge in [-0.05, 0) is 46.6 Å². The Bertz CT molecular complexity index is 257. The minimum Gasteiger partial charge on any atom is -0.459 e. The van der Waals surface area contributed by atoms with E-state index >= 15 is 0 Å². The molecule has 15 heavy (non-hydrogen) atoms. The number of carbonyl (C=O) groups is 1. The first-order valence-corrected chi connectivity index (χ1v) is 5.91. The van der Waals surface area contributed by atoms with Crippen LogP contribution in [0.1, 0.15) is 46.5 Å². The number of esters is 1. The number of fused-ring (bicyclic) bond motifs is 1. The van der Waals surface area contributed by atoms with Crippen molar-refractivity contribution >= 4 is 5.97 Å². The number of carbonyl (C=O) groups excluding carboxylic acids is 1. The summed E-state index contributed by atoms with van der Waals surface area (Å²) in [5.74, 6) is 0.0162. The van der Waals surface area contributed by atoms with Crippen molar-refractivity contribution in [3.63, 3.8) is 0 Å². The van der Waals surface area contributed by atoms with Crippen LogP contribution in [-0.2, 0) is 9.53 Å². The lowest BCUT2D eigenvalue weighted by molar-refractivity contribution is -0.167. The average Bonchev–Trinajstić information content (AvgIpc) is 2.55. The maximum atomic E-state index is 12.2. The zero-order chi connectivity index (χ0) is 11.1. The molecule has 0 aromatic heterocycles. The fraction of sp³-hybridized carbons (Fsp3) is 0.917. The topological polar surface area (TPSA) is 38.3 Å². The van der Waals surface area contributed by atoms with E-state index in [1.807, 2.05) is 20.8 Å². The second-order valence-electron chi connectivity index (χ2n) is 5.81. The van der Waals surface area contributed by atoms with Crippen molar-refractivity contribution in [2.45, 2.75) is 58.1 Å². The number of hydrogen-bond acceptors (Lipinski definition) is 3. The van der Waals surface area contributed by atoms with Crippen molar-refractivity contribution in [1.82, 2.24) is 5.32 Å². The minimum absolute atomic E-state index is 0.0162. The predicted molar refractivity (Wildman–Crippen MR) is 58.5 cm³/mol. The second-order valence-corrected chi connectivity index (χ2v) is 5.81. The van der Waals surface area contributed by atoms with Crippen molar-refractivity contribution in [3.8, 4) is 0 Å². The van der Waals surface area contributed by atoms with Crippen LogP contribution in [0, 0.1) is 5.41 Å². The normalized spacial score (nSPS) is 35.3. The fourth-order valence-corrected chi connectivity index (χ4v) is 2.86. The molecule has 2 atom stereocenters. The molecule has 2 fully saturated rings. The Morgan fingerprint density at radius 2 is 2.13 bits per heavy atom. The molecule has 3 nitrogen and oxygen atoms in total. The number of nitrogens with one attached hydrogen (secondary N) is 1. The lowest BCUT2D eigenvalue weighted by atomic mass is 9.82. The molecule has 1 heterocycles. The van der Waals surface area contributed by atoms with Gasteiger partial charge in [0.15, 0.2) is 0 Å². The van der Waals surface area contributed by atoms with Crippen molar-refractivity contribution in [2.24, 2.45) is 5.41 Å². The zero-order valence-electron chi connectivity index (χ0n) is 9.93. The van der Waals surface area contributed by atoms with Crippen molar-refractivity contribution in [1.29, 1.82) is 0 Å². The summed E-state index contributed by atoms with van der Waals surface area (Å²) in [6, 6.07) is 0.368. The van der Waals surface area contributed by atoms with Gasteiger partial charge in [-0.15, -0.1) is 0 Å². The van der Waals surface area contributed by atoms with Gasteiger partial charge in [-0.3, -0.25) is 4.79 Å². The summed E-state index contributed by atoms with van der Waals surface area (Å²) in [5, 5.41) is 3.43. The van der Waals surface area contributed by atoms with E-state index in [0.717, 1.165) is 32.2 Å². The Hall–Kier alpha value is -0.570. The van der Waals surface area contributed by atoms with Crippen LogP contribution < -0.4 is 5.32 Å². The molecule has 0 radical (unpaired) electrons. The van der Waals surface area contributed by atoms with Gasteiger partial charge in [0.1, 0.15) is 5.60 Å². The smallest absolute Gasteiger partial charge is 0.314 e. The molecule has 0 unspecified atom stereocenters. The lowest BCUT2D eigenvalue weighted by Gasteiger charge is -2.30. The highest BCUT2D eigenvalue weighted by Crippen LogP contribution is 2.46. The molecule has 1 saturated carbocycles. The molecule has 2 aliphatic rings. The van der Waals surface area contributed by atoms with Crippen molar-refractivity contribution < 1.29 is 9.53 Å². The van der Waals surface area contributed by atoms with E-state index < -0.39 is 0 Å². The van der Waals surface area contributed by atoms with E-state index in [0.29, 0.717) is 6.04 Å². The largest absolute Gasteiger partial charge is 0.459 e. The molecule has 3 heteroatoms. The number of ether oxygens (including phenoxy) is 1. The SMILES string of the molecule is CC(C)(C)OC(=O)[C@@]12CCC[C@@H]1NCC2. The first-order valence-electron chi connectivity index (χ1n) is 5.91. The van der Waals surface area contributed by atoms with E-state index in [9.17, 15) is 4.79 Å². The van der Waals surface area contributed by atoms with Gasteiger partial charge in [0.25, 0.3) is 0 Å². The quantitative estimate of drug-likeness (QED) is 0.673. The summed E-state index contributed by atoms with van der Waals surface area (Å²) in [6.45, 7) is 6.78. The Morgan fingerprint density at radius 3 is 2.80 bits per heavy atom. The van der Waals surface area contributed by atoms with Gasteiger partial charge in [-0.1, -0.05) is 6.42 Å². The monoisotopic (exact) mass is 211 g/mol. The Balaban J connectivity index is 2.11. The third-order valence-corrected chi connectivity index (χ3v) is 3.55. The second kappa shape index (κ2) is 3.48. The third kappa shape index (κ3) is 1.89. The summed E-state index contributed by atoms with van der Waals surface area (Å²) in [4.78, 5) is 12.2. The van der Waals surface area contributed by atoms with Gasteiger partial charge in [-0.2, -0.15) is 0 Å². The molecule has 0 aromatic carbocycles. The van der Waals surface area contributed by atoms with Gasteiger partial charge >= 0.3 is 5.97 Å². The van der Waals surface area contributed by atoms with Crippen molar-refractivity contribution in [3.05, 3.63) is 0 Å². The molecule has 2 rings (SSSR count). The van der Waals surface area contributed by atoms with Crippen LogP contribution in [0.3, 0.4) is 0 Å². The molecule has 86 valence electrons. The number of hydrogen-bond donors (Lipinski definition) is 1. The maximum Gasteiger partial charge on any atom is 0.314 e. The Kier molecular flexibility index (Phi) is 2.53. The fourth-order valence-electron chi connectivity index (χ4n) is 2.86. The van der Waals surface area contributed by atoms with E-state index in [1.165, 1.54) is 0 Å². The van der Waals surface area contributed by atoms with Crippen LogP contribution in [0.5, 0.6) is 0 Å². The minimum atomic E-state index is -0.360. The Labute approximate surface area is 91.6 Å². The predicted octanol–water partition coefficient (Wildman–Crippen LogP) is 1.86. The standard InChI is InChI=1S/C12H21NO2/c1-11(2,3)15-10(14)12-6-4-5-9(12)13-8-7-12/h9,13H,4-8H2,1-3H3/t9-,12+/m0/s1. The van der Waals surface area contributed by atoms with Gasteiger partial charge in [0.05, 0.1) is 5.41 Å². The highest BCUT2D eigenvalue weighted by molar-refractivity contribution is 5.79. The maximum absolute atomic E-state index is 12.2. The summed E-state index contributed by atoms with van der Waals surface area (Å²) in [7, 11) is 0. The van der Waals surface area contributed by atoms with E-state index in [1.54, 1.807) is 0 Å². The van der Waals surface area contributed by atoms with Gasteiger partial charge in [0.2, 0.25) is 0 Å². The highest BCUT2D eigenvalue weighted by atomic mass is 16.6. The molecule has 1 aliphatic carbocycles. The van der Waals surface area contributed by atoms with Crippen molar-refractivity contribution in [2.75, 3.05) is 6.54 Å². The third-order valence-electron chi connectivity index (χ3n) is 3.55. The molecule has 0 aromatic rings. The van der Waals surface area contributed by atoms with Gasteiger partial charge in [0, 0.05) is 6.04 Å². The van der Waals surface area contributed by atoms with Crippen LogP contribution >= 0.6 is 0 Å². The van der Waals surface area contributed by atoms with Crippen LogP contribution in [-0.4, -0.2) is 24.2 Å². The van der Waals surface area contributed by atoms with Crippen LogP contribution in [0.2, 0.25) is 0 Å². The summed E-state index contributed by atoms with van der Waals surface area (Å²) in [6.07, 6.45) is 4.22. The van der Waals surface area contributed by atoms with E-state index in [2.05, 4.69) is 5.32 Å². The molecular weight excluding hydrogens is 190 g/mol. The lowest BCUT2D eigenvalue weighted by Crippen LogP contribution is -2.42. The van der Waals surface area contributed by atoms with Crippen LogP contribution in [0.25, 0.3) is 0 Å². The van der Waals surface area contributed by atoms with Crippen LogP contribution in [0.4, 0.5) is 0 Å². The first-order chi connectivity index (χ1) is 6.94. The molecule has 1 aliphatic heterocycles. The summed E-state index contributed by atoms with van der Waals surface area (Å²) >= 11 is 0. The summed E-state index contributed by atoms with van der Waals surface area (Å²) < 4.78 is 5.55. The van der Waals surface area contributed by atoms with Gasteiger partial charge in [-0.25, -0.2) is 0 Å². The molecule has 0 bridgehead atoms. The Morgan fingerprint density at radius 1 is 1.40 bits per heavy atom. The highest BCUT2D eigenvalue weighted by Gasteiger charge is 2.53. The van der Waals surface area contributed by atoms with Crippen LogP contribution in [0.15, 0.2) is 0 Å². The van der Waals surface area contributed by atoms with Gasteiger partial charge < -0.3 is 10.1 Å². The number of rotatable bonds is 1. The zero-order valence-corrected chi connectivity index (χ0v) is 9.93.